The molecule has 8 nitrogen and oxygen atoms in total. The molecule has 9 heteroatoms. The van der Waals surface area contributed by atoms with Gasteiger partial charge in [0.25, 0.3) is 0 Å². The van der Waals surface area contributed by atoms with E-state index in [1.165, 1.54) is 32.4 Å². The van der Waals surface area contributed by atoms with Gasteiger partial charge in [-0.25, -0.2) is 13.2 Å². The number of methoxy groups -OCH3 is 2. The number of carboxylic acid groups (broad SMARTS) is 1. The Bertz CT molecular complexity index is 744. The Morgan fingerprint density at radius 3 is 2.58 bits per heavy atom. The van der Waals surface area contributed by atoms with Crippen LogP contribution < -0.4 is 0 Å². The van der Waals surface area contributed by atoms with E-state index in [1.54, 1.807) is 0 Å². The number of benzene rings is 1. The number of ether oxygens (including phenoxy) is 2. The summed E-state index contributed by atoms with van der Waals surface area (Å²) in [7, 11) is -1.41. The highest BCUT2D eigenvalue weighted by atomic mass is 32.2. The maximum Gasteiger partial charge on any atom is 0.337 e. The van der Waals surface area contributed by atoms with Crippen molar-refractivity contribution in [2.45, 2.75) is 30.4 Å². The van der Waals surface area contributed by atoms with Crippen molar-refractivity contribution in [3.8, 4) is 0 Å². The van der Waals surface area contributed by atoms with E-state index < -0.39 is 28.0 Å². The Morgan fingerprint density at radius 2 is 2.00 bits per heavy atom. The van der Waals surface area contributed by atoms with Crippen LogP contribution in [0.25, 0.3) is 0 Å². The molecule has 1 atom stereocenters. The van der Waals surface area contributed by atoms with Crippen LogP contribution in [0.1, 0.15) is 28.8 Å². The third-order valence-corrected chi connectivity index (χ3v) is 5.68. The van der Waals surface area contributed by atoms with Crippen molar-refractivity contribution < 1.29 is 32.6 Å². The third-order valence-electron chi connectivity index (χ3n) is 3.79. The largest absolute Gasteiger partial charge is 0.480 e. The van der Waals surface area contributed by atoms with E-state index in [9.17, 15) is 23.1 Å². The molecule has 1 aromatic rings. The first-order chi connectivity index (χ1) is 11.3. The van der Waals surface area contributed by atoms with Gasteiger partial charge in [0.2, 0.25) is 10.0 Å². The maximum absolute atomic E-state index is 12.8. The standard InChI is InChI=1S/C15H19NO7S/c1-22-9-10-6-11(15(19)23-2)8-12(7-10)24(20,21)16-5-3-4-13(16)14(17)18/h6-8,13H,3-5,9H2,1-2H3,(H,17,18)/t13-/m1/s1. The number of aliphatic carboxylic acids is 1. The predicted molar refractivity (Wildman–Crippen MR) is 83.0 cm³/mol. The van der Waals surface area contributed by atoms with Gasteiger partial charge < -0.3 is 14.6 Å². The van der Waals surface area contributed by atoms with Gasteiger partial charge in [0.05, 0.1) is 24.2 Å². The molecule has 0 aromatic heterocycles. The van der Waals surface area contributed by atoms with Gasteiger partial charge in [-0.2, -0.15) is 4.31 Å². The number of nitrogens with zero attached hydrogens (tertiary/aromatic N) is 1. The second-order valence-corrected chi connectivity index (χ2v) is 7.29. The van der Waals surface area contributed by atoms with E-state index in [2.05, 4.69) is 4.74 Å². The molecule has 0 saturated carbocycles. The van der Waals surface area contributed by atoms with Crippen LogP contribution >= 0.6 is 0 Å². The Morgan fingerprint density at radius 1 is 1.29 bits per heavy atom. The molecular formula is C15H19NO7S. The summed E-state index contributed by atoms with van der Waals surface area (Å²) in [5.41, 5.74) is 0.543. The van der Waals surface area contributed by atoms with Crippen molar-refractivity contribution in [3.63, 3.8) is 0 Å². The van der Waals surface area contributed by atoms with E-state index in [0.717, 1.165) is 4.31 Å². The minimum atomic E-state index is -4.05. The van der Waals surface area contributed by atoms with Gasteiger partial charge >= 0.3 is 11.9 Å². The summed E-state index contributed by atoms with van der Waals surface area (Å²) in [6.45, 7) is 0.233. The summed E-state index contributed by atoms with van der Waals surface area (Å²) < 4.78 is 36.3. The van der Waals surface area contributed by atoms with Crippen LogP contribution in [0.15, 0.2) is 23.1 Å². The molecule has 2 rings (SSSR count). The summed E-state index contributed by atoms with van der Waals surface area (Å²) in [5, 5.41) is 9.21. The molecule has 1 saturated heterocycles. The van der Waals surface area contributed by atoms with Gasteiger partial charge in [0, 0.05) is 13.7 Å². The zero-order chi connectivity index (χ0) is 17.9. The van der Waals surface area contributed by atoms with E-state index in [1.807, 2.05) is 0 Å². The second-order valence-electron chi connectivity index (χ2n) is 5.40. The Labute approximate surface area is 140 Å². The highest BCUT2D eigenvalue weighted by Gasteiger charge is 2.39. The van der Waals surface area contributed by atoms with Crippen molar-refractivity contribution >= 4 is 22.0 Å². The van der Waals surface area contributed by atoms with Crippen molar-refractivity contribution in [1.29, 1.82) is 0 Å². The van der Waals surface area contributed by atoms with Gasteiger partial charge in [-0.1, -0.05) is 0 Å². The normalized spacial score (nSPS) is 18.5. The molecule has 0 aliphatic carbocycles. The molecule has 0 radical (unpaired) electrons. The molecule has 1 aliphatic rings. The van der Waals surface area contributed by atoms with Crippen molar-refractivity contribution in [2.75, 3.05) is 20.8 Å². The van der Waals surface area contributed by atoms with E-state index >= 15 is 0 Å². The molecule has 24 heavy (non-hydrogen) atoms. The average Bonchev–Trinajstić information content (AvgIpc) is 3.04. The minimum Gasteiger partial charge on any atom is -0.480 e. The van der Waals surface area contributed by atoms with Crippen LogP contribution in [0.2, 0.25) is 0 Å². The number of hydrogen-bond donors (Lipinski definition) is 1. The van der Waals surface area contributed by atoms with Crippen LogP contribution in [-0.2, 0) is 30.9 Å². The van der Waals surface area contributed by atoms with Gasteiger partial charge in [-0.3, -0.25) is 4.79 Å². The smallest absolute Gasteiger partial charge is 0.337 e. The van der Waals surface area contributed by atoms with Crippen molar-refractivity contribution in [3.05, 3.63) is 29.3 Å². The molecule has 0 bridgehead atoms. The summed E-state index contributed by atoms with van der Waals surface area (Å²) in [4.78, 5) is 22.9. The molecular weight excluding hydrogens is 338 g/mol. The first kappa shape index (κ1) is 18.4. The lowest BCUT2D eigenvalue weighted by atomic mass is 10.1. The fourth-order valence-corrected chi connectivity index (χ4v) is 4.45. The van der Waals surface area contributed by atoms with E-state index in [-0.39, 0.29) is 30.0 Å². The van der Waals surface area contributed by atoms with Gasteiger partial charge in [-0.15, -0.1) is 0 Å². The van der Waals surface area contributed by atoms with E-state index in [4.69, 9.17) is 4.74 Å². The van der Waals surface area contributed by atoms with Gasteiger partial charge in [0.1, 0.15) is 6.04 Å². The molecule has 1 aliphatic heterocycles. The van der Waals surface area contributed by atoms with Crippen LogP contribution in [-0.4, -0.2) is 56.6 Å². The molecule has 0 amide bonds. The topological polar surface area (TPSA) is 110 Å². The molecule has 1 aromatic carbocycles. The molecule has 0 spiro atoms. The first-order valence-electron chi connectivity index (χ1n) is 7.27. The Balaban J connectivity index is 2.50. The predicted octanol–water partition coefficient (Wildman–Crippen LogP) is 0.857. The highest BCUT2D eigenvalue weighted by Crippen LogP contribution is 2.28. The molecule has 132 valence electrons. The molecule has 0 unspecified atom stereocenters. The number of hydrogen-bond acceptors (Lipinski definition) is 6. The second kappa shape index (κ2) is 7.29. The number of carboxylic acids is 1. The third kappa shape index (κ3) is 3.58. The zero-order valence-electron chi connectivity index (χ0n) is 13.4. The number of carbonyl (C=O) groups is 2. The molecule has 1 fully saturated rings. The lowest BCUT2D eigenvalue weighted by Gasteiger charge is -2.21. The summed E-state index contributed by atoms with van der Waals surface area (Å²) in [6.07, 6.45) is 0.730. The lowest BCUT2D eigenvalue weighted by Crippen LogP contribution is -2.40. The fraction of sp³-hybridized carbons (Fsp3) is 0.467. The average molecular weight is 357 g/mol. The van der Waals surface area contributed by atoms with Crippen LogP contribution in [0.3, 0.4) is 0 Å². The summed E-state index contributed by atoms with van der Waals surface area (Å²) in [5.74, 6) is -1.86. The highest BCUT2D eigenvalue weighted by molar-refractivity contribution is 7.89. The SMILES string of the molecule is COCc1cc(C(=O)OC)cc(S(=O)(=O)N2CCC[C@@H]2C(=O)O)c1. The van der Waals surface area contributed by atoms with Crippen molar-refractivity contribution in [1.82, 2.24) is 4.31 Å². The number of sulfonamides is 1. The first-order valence-corrected chi connectivity index (χ1v) is 8.71. The minimum absolute atomic E-state index is 0.0664. The quantitative estimate of drug-likeness (QED) is 0.752. The zero-order valence-corrected chi connectivity index (χ0v) is 14.2. The Hall–Kier alpha value is -1.97. The van der Waals surface area contributed by atoms with Gasteiger partial charge in [0.15, 0.2) is 0 Å². The Kier molecular flexibility index (Phi) is 5.58. The number of carbonyl (C=O) groups excluding carboxylic acids is 1. The van der Waals surface area contributed by atoms with Crippen LogP contribution in [0, 0.1) is 0 Å². The lowest BCUT2D eigenvalue weighted by molar-refractivity contribution is -0.140. The van der Waals surface area contributed by atoms with Crippen molar-refractivity contribution in [2.24, 2.45) is 0 Å². The van der Waals surface area contributed by atoms with Crippen LogP contribution in [0.4, 0.5) is 0 Å². The monoisotopic (exact) mass is 357 g/mol. The fourth-order valence-electron chi connectivity index (χ4n) is 2.71. The summed E-state index contributed by atoms with van der Waals surface area (Å²) >= 11 is 0. The van der Waals surface area contributed by atoms with E-state index in [0.29, 0.717) is 12.0 Å². The number of esters is 1. The van der Waals surface area contributed by atoms with Gasteiger partial charge in [-0.05, 0) is 36.6 Å². The molecule has 1 N–H and O–H groups in total. The number of rotatable bonds is 6. The summed E-state index contributed by atoms with van der Waals surface area (Å²) in [6, 6.07) is 2.95. The maximum atomic E-state index is 12.8. The molecule has 1 heterocycles. The van der Waals surface area contributed by atoms with Crippen LogP contribution in [0.5, 0.6) is 0 Å².